The van der Waals surface area contributed by atoms with Gasteiger partial charge in [-0.15, -0.1) is 0 Å². The smallest absolute Gasteiger partial charge is 0.276 e. The van der Waals surface area contributed by atoms with Crippen molar-refractivity contribution >= 4 is 10.2 Å². The second-order valence-corrected chi connectivity index (χ2v) is 5.28. The molecule has 0 aromatic carbocycles. The lowest BCUT2D eigenvalue weighted by Crippen LogP contribution is -2.52. The SMILES string of the molecule is CCC(C)N1CCN(S(N)(=O)=O)CC1. The Morgan fingerprint density at radius 3 is 2.14 bits per heavy atom. The highest BCUT2D eigenvalue weighted by Gasteiger charge is 2.25. The molecule has 6 heteroatoms. The van der Waals surface area contributed by atoms with Crippen LogP contribution in [-0.2, 0) is 10.2 Å². The van der Waals surface area contributed by atoms with Crippen LogP contribution in [0.25, 0.3) is 0 Å². The molecule has 1 unspecified atom stereocenters. The summed E-state index contributed by atoms with van der Waals surface area (Å²) in [5, 5.41) is 5.04. The lowest BCUT2D eigenvalue weighted by Gasteiger charge is -2.36. The number of hydrogen-bond acceptors (Lipinski definition) is 3. The minimum Gasteiger partial charge on any atom is -0.298 e. The molecule has 2 N–H and O–H groups in total. The summed E-state index contributed by atoms with van der Waals surface area (Å²) in [4.78, 5) is 2.29. The molecule has 0 spiro atoms. The van der Waals surface area contributed by atoms with Crippen molar-refractivity contribution in [2.45, 2.75) is 26.3 Å². The van der Waals surface area contributed by atoms with Gasteiger partial charge in [0.25, 0.3) is 10.2 Å². The van der Waals surface area contributed by atoms with Gasteiger partial charge >= 0.3 is 0 Å². The first kappa shape index (κ1) is 11.9. The summed E-state index contributed by atoms with van der Waals surface area (Å²) in [6.45, 7) is 6.90. The number of rotatable bonds is 3. The standard InChI is InChI=1S/C8H19N3O2S/c1-3-8(2)10-4-6-11(7-5-10)14(9,12)13/h8H,3-7H2,1-2H3,(H2,9,12,13). The maximum Gasteiger partial charge on any atom is 0.276 e. The molecule has 1 aliphatic rings. The summed E-state index contributed by atoms with van der Waals surface area (Å²) in [6.07, 6.45) is 1.09. The van der Waals surface area contributed by atoms with Crippen molar-refractivity contribution in [3.63, 3.8) is 0 Å². The Morgan fingerprint density at radius 1 is 1.29 bits per heavy atom. The summed E-state index contributed by atoms with van der Waals surface area (Å²) in [7, 11) is -3.48. The van der Waals surface area contributed by atoms with Crippen molar-refractivity contribution in [2.75, 3.05) is 26.2 Å². The molecule has 1 saturated heterocycles. The van der Waals surface area contributed by atoms with E-state index < -0.39 is 10.2 Å². The minimum atomic E-state index is -3.48. The third-order valence-electron chi connectivity index (χ3n) is 2.85. The van der Waals surface area contributed by atoms with Gasteiger partial charge in [-0.25, -0.2) is 5.14 Å². The molecule has 0 aliphatic carbocycles. The van der Waals surface area contributed by atoms with Crippen LogP contribution in [0.15, 0.2) is 0 Å². The largest absolute Gasteiger partial charge is 0.298 e. The van der Waals surface area contributed by atoms with Crippen molar-refractivity contribution in [2.24, 2.45) is 5.14 Å². The van der Waals surface area contributed by atoms with Gasteiger partial charge in [-0.05, 0) is 13.3 Å². The molecule has 5 nitrogen and oxygen atoms in total. The van der Waals surface area contributed by atoms with E-state index in [1.165, 1.54) is 4.31 Å². The van der Waals surface area contributed by atoms with Crippen LogP contribution in [0.4, 0.5) is 0 Å². The van der Waals surface area contributed by atoms with E-state index in [1.54, 1.807) is 0 Å². The van der Waals surface area contributed by atoms with E-state index in [1.807, 2.05) is 0 Å². The van der Waals surface area contributed by atoms with Gasteiger partial charge < -0.3 is 0 Å². The van der Waals surface area contributed by atoms with Crippen LogP contribution in [0.5, 0.6) is 0 Å². The molecule has 1 aliphatic heterocycles. The second-order valence-electron chi connectivity index (χ2n) is 3.74. The molecule has 1 rings (SSSR count). The molecule has 0 amide bonds. The first-order chi connectivity index (χ1) is 6.45. The normalized spacial score (nSPS) is 23.6. The van der Waals surface area contributed by atoms with Crippen molar-refractivity contribution < 1.29 is 8.42 Å². The fourth-order valence-corrected chi connectivity index (χ4v) is 2.33. The lowest BCUT2D eigenvalue weighted by molar-refractivity contribution is 0.143. The van der Waals surface area contributed by atoms with Crippen molar-refractivity contribution in [1.29, 1.82) is 0 Å². The van der Waals surface area contributed by atoms with Gasteiger partial charge in [0.05, 0.1) is 0 Å². The average molecular weight is 221 g/mol. The zero-order valence-corrected chi connectivity index (χ0v) is 9.63. The Labute approximate surface area is 86.0 Å². The predicted octanol–water partition coefficient (Wildman–Crippen LogP) is -0.394. The van der Waals surface area contributed by atoms with Crippen molar-refractivity contribution in [1.82, 2.24) is 9.21 Å². The molecule has 0 aromatic heterocycles. The lowest BCUT2D eigenvalue weighted by atomic mass is 10.2. The third-order valence-corrected chi connectivity index (χ3v) is 3.93. The molecule has 1 fully saturated rings. The molecule has 1 heterocycles. The first-order valence-electron chi connectivity index (χ1n) is 4.97. The number of nitrogens with zero attached hydrogens (tertiary/aromatic N) is 2. The Morgan fingerprint density at radius 2 is 1.79 bits per heavy atom. The zero-order chi connectivity index (χ0) is 10.8. The van der Waals surface area contributed by atoms with Gasteiger partial charge in [0.15, 0.2) is 0 Å². The first-order valence-corrected chi connectivity index (χ1v) is 6.47. The van der Waals surface area contributed by atoms with Gasteiger partial charge in [0.1, 0.15) is 0 Å². The summed E-state index contributed by atoms with van der Waals surface area (Å²) >= 11 is 0. The summed E-state index contributed by atoms with van der Waals surface area (Å²) < 4.78 is 23.4. The third kappa shape index (κ3) is 2.91. The number of nitrogens with two attached hydrogens (primary N) is 1. The maximum absolute atomic E-state index is 11.0. The summed E-state index contributed by atoms with van der Waals surface area (Å²) in [5.41, 5.74) is 0. The number of piperazine rings is 1. The van der Waals surface area contributed by atoms with Gasteiger partial charge in [-0.2, -0.15) is 12.7 Å². The highest BCUT2D eigenvalue weighted by atomic mass is 32.2. The van der Waals surface area contributed by atoms with Crippen LogP contribution in [0.3, 0.4) is 0 Å². The van der Waals surface area contributed by atoms with Gasteiger partial charge in [-0.1, -0.05) is 6.92 Å². The molecule has 1 atom stereocenters. The Hall–Kier alpha value is -0.170. The van der Waals surface area contributed by atoms with Crippen LogP contribution in [-0.4, -0.2) is 49.8 Å². The van der Waals surface area contributed by atoms with Crippen LogP contribution in [0, 0.1) is 0 Å². The van der Waals surface area contributed by atoms with E-state index >= 15 is 0 Å². The molecule has 0 bridgehead atoms. The van der Waals surface area contributed by atoms with E-state index in [2.05, 4.69) is 18.7 Å². The molecule has 0 aromatic rings. The minimum absolute atomic E-state index is 0.517. The van der Waals surface area contributed by atoms with Gasteiger partial charge in [0, 0.05) is 32.2 Å². The van der Waals surface area contributed by atoms with E-state index in [4.69, 9.17) is 5.14 Å². The maximum atomic E-state index is 11.0. The molecule has 14 heavy (non-hydrogen) atoms. The molecule has 0 radical (unpaired) electrons. The summed E-state index contributed by atoms with van der Waals surface area (Å²) in [6, 6.07) is 0.526. The highest BCUT2D eigenvalue weighted by Crippen LogP contribution is 2.09. The fraction of sp³-hybridized carbons (Fsp3) is 1.00. The topological polar surface area (TPSA) is 66.6 Å². The van der Waals surface area contributed by atoms with E-state index in [9.17, 15) is 8.42 Å². The highest BCUT2D eigenvalue weighted by molar-refractivity contribution is 7.86. The molecular formula is C8H19N3O2S. The second kappa shape index (κ2) is 4.57. The van der Waals surface area contributed by atoms with E-state index in [-0.39, 0.29) is 0 Å². The average Bonchev–Trinajstić information content (AvgIpc) is 2.15. The van der Waals surface area contributed by atoms with Crippen molar-refractivity contribution in [3.05, 3.63) is 0 Å². The van der Waals surface area contributed by atoms with Crippen LogP contribution < -0.4 is 5.14 Å². The Kier molecular flexibility index (Phi) is 3.88. The van der Waals surface area contributed by atoms with Crippen molar-refractivity contribution in [3.8, 4) is 0 Å². The fourth-order valence-electron chi connectivity index (χ4n) is 1.66. The summed E-state index contributed by atoms with van der Waals surface area (Å²) in [5.74, 6) is 0. The van der Waals surface area contributed by atoms with Crippen LogP contribution >= 0.6 is 0 Å². The Bertz CT molecular complexity index is 270. The monoisotopic (exact) mass is 221 g/mol. The molecular weight excluding hydrogens is 202 g/mol. The quantitative estimate of drug-likeness (QED) is 0.705. The van der Waals surface area contributed by atoms with Gasteiger partial charge in [0.2, 0.25) is 0 Å². The number of hydrogen-bond donors (Lipinski definition) is 1. The van der Waals surface area contributed by atoms with Crippen LogP contribution in [0.1, 0.15) is 20.3 Å². The van der Waals surface area contributed by atoms with E-state index in [0.29, 0.717) is 19.1 Å². The Balaban J connectivity index is 2.47. The van der Waals surface area contributed by atoms with Crippen LogP contribution in [0.2, 0.25) is 0 Å². The zero-order valence-electron chi connectivity index (χ0n) is 8.81. The molecule has 84 valence electrons. The van der Waals surface area contributed by atoms with Gasteiger partial charge in [-0.3, -0.25) is 4.90 Å². The van der Waals surface area contributed by atoms with E-state index in [0.717, 1.165) is 19.5 Å². The predicted molar refractivity (Wildman–Crippen MR) is 56.0 cm³/mol. The molecule has 0 saturated carbocycles.